The number of hydrogen-bond donors (Lipinski definition) is 0. The molecule has 1 aliphatic heterocycles. The Morgan fingerprint density at radius 3 is 2.96 bits per heavy atom. The SMILES string of the molecule is O=C(Cn1cnc2ccccc21)N1CCC(n2cc(C3CC3)nn2)C1. The number of fused-ring (bicyclic) bond motifs is 1. The topological polar surface area (TPSA) is 68.8 Å². The van der Waals surface area contributed by atoms with Crippen molar-refractivity contribution in [2.45, 2.75) is 37.8 Å². The van der Waals surface area contributed by atoms with Crippen LogP contribution in [0, 0.1) is 0 Å². The minimum absolute atomic E-state index is 0.133. The second kappa shape index (κ2) is 5.68. The Labute approximate surface area is 145 Å². The van der Waals surface area contributed by atoms with Crippen LogP contribution in [0.5, 0.6) is 0 Å². The first kappa shape index (κ1) is 14.6. The van der Waals surface area contributed by atoms with Crippen LogP contribution in [-0.4, -0.2) is 48.4 Å². The third-order valence-corrected chi connectivity index (χ3v) is 5.25. The minimum Gasteiger partial charge on any atom is -0.339 e. The summed E-state index contributed by atoms with van der Waals surface area (Å²) < 4.78 is 3.87. The number of carbonyl (C=O) groups is 1. The largest absolute Gasteiger partial charge is 0.339 e. The lowest BCUT2D eigenvalue weighted by Gasteiger charge is -2.17. The van der Waals surface area contributed by atoms with E-state index in [2.05, 4.69) is 21.5 Å². The highest BCUT2D eigenvalue weighted by molar-refractivity contribution is 5.80. The van der Waals surface area contributed by atoms with Crippen molar-refractivity contribution < 1.29 is 4.79 Å². The van der Waals surface area contributed by atoms with Crippen molar-refractivity contribution in [1.82, 2.24) is 29.4 Å². The molecule has 1 atom stereocenters. The predicted octanol–water partition coefficient (Wildman–Crippen LogP) is 1.98. The molecule has 0 bridgehead atoms. The minimum atomic E-state index is 0.133. The second-order valence-electron chi connectivity index (χ2n) is 7.04. The number of likely N-dealkylation sites (tertiary alicyclic amines) is 1. The van der Waals surface area contributed by atoms with E-state index in [1.165, 1.54) is 12.8 Å². The van der Waals surface area contributed by atoms with Crippen LogP contribution >= 0.6 is 0 Å². The van der Waals surface area contributed by atoms with Gasteiger partial charge >= 0.3 is 0 Å². The van der Waals surface area contributed by atoms with Crippen LogP contribution in [0.25, 0.3) is 11.0 Å². The van der Waals surface area contributed by atoms with E-state index < -0.39 is 0 Å². The van der Waals surface area contributed by atoms with Crippen LogP contribution in [0.4, 0.5) is 0 Å². The molecule has 1 aromatic carbocycles. The molecule has 2 aliphatic rings. The van der Waals surface area contributed by atoms with Gasteiger partial charge in [-0.05, 0) is 31.4 Å². The maximum absolute atomic E-state index is 12.7. The highest BCUT2D eigenvalue weighted by Gasteiger charge is 2.31. The second-order valence-corrected chi connectivity index (χ2v) is 7.04. The molecule has 128 valence electrons. The van der Waals surface area contributed by atoms with E-state index in [4.69, 9.17) is 0 Å². The number of amides is 1. The van der Waals surface area contributed by atoms with Gasteiger partial charge in [-0.15, -0.1) is 5.10 Å². The van der Waals surface area contributed by atoms with Gasteiger partial charge in [0.15, 0.2) is 0 Å². The highest BCUT2D eigenvalue weighted by Crippen LogP contribution is 2.39. The standard InChI is InChI=1S/C18H20N6O/c25-18(11-23-12-19-15-3-1-2-4-17(15)23)22-8-7-14(9-22)24-10-16(20-21-24)13-5-6-13/h1-4,10,12-14H,5-9,11H2. The van der Waals surface area contributed by atoms with Crippen LogP contribution in [0.1, 0.15) is 36.9 Å². The van der Waals surface area contributed by atoms with E-state index in [0.717, 1.165) is 29.7 Å². The summed E-state index contributed by atoms with van der Waals surface area (Å²) in [5, 5.41) is 8.57. The summed E-state index contributed by atoms with van der Waals surface area (Å²) in [7, 11) is 0. The Morgan fingerprint density at radius 2 is 2.08 bits per heavy atom. The van der Waals surface area contributed by atoms with Gasteiger partial charge in [0.25, 0.3) is 0 Å². The van der Waals surface area contributed by atoms with Crippen molar-refractivity contribution >= 4 is 16.9 Å². The van der Waals surface area contributed by atoms with Gasteiger partial charge in [0.05, 0.1) is 29.1 Å². The van der Waals surface area contributed by atoms with Crippen LogP contribution in [0.2, 0.25) is 0 Å². The fraction of sp³-hybridized carbons (Fsp3) is 0.444. The Balaban J connectivity index is 1.26. The fourth-order valence-electron chi connectivity index (χ4n) is 3.60. The summed E-state index contributed by atoms with van der Waals surface area (Å²) in [5.41, 5.74) is 3.02. The first-order valence-electron chi connectivity index (χ1n) is 8.87. The van der Waals surface area contributed by atoms with Crippen LogP contribution in [0.3, 0.4) is 0 Å². The van der Waals surface area contributed by atoms with Crippen LogP contribution < -0.4 is 0 Å². The first-order valence-corrected chi connectivity index (χ1v) is 8.87. The van der Waals surface area contributed by atoms with E-state index in [9.17, 15) is 4.79 Å². The molecule has 3 aromatic rings. The summed E-state index contributed by atoms with van der Waals surface area (Å²) in [4.78, 5) is 19.0. The molecule has 2 fully saturated rings. The number of rotatable bonds is 4. The van der Waals surface area contributed by atoms with E-state index >= 15 is 0 Å². The van der Waals surface area contributed by atoms with Gasteiger partial charge in [-0.25, -0.2) is 9.67 Å². The lowest BCUT2D eigenvalue weighted by Crippen LogP contribution is -2.32. The molecule has 0 radical (unpaired) electrons. The number of imidazole rings is 1. The van der Waals surface area contributed by atoms with E-state index in [-0.39, 0.29) is 11.9 Å². The zero-order valence-electron chi connectivity index (χ0n) is 14.0. The number of aromatic nitrogens is 5. The molecule has 7 nitrogen and oxygen atoms in total. The van der Waals surface area contributed by atoms with Gasteiger partial charge < -0.3 is 9.47 Å². The van der Waals surface area contributed by atoms with E-state index in [1.807, 2.05) is 38.4 Å². The maximum Gasteiger partial charge on any atom is 0.242 e. The molecular weight excluding hydrogens is 316 g/mol. The molecule has 25 heavy (non-hydrogen) atoms. The van der Waals surface area contributed by atoms with Crippen molar-refractivity contribution in [3.05, 3.63) is 42.5 Å². The molecule has 7 heteroatoms. The van der Waals surface area contributed by atoms with Crippen molar-refractivity contribution in [3.63, 3.8) is 0 Å². The quantitative estimate of drug-likeness (QED) is 0.730. The summed E-state index contributed by atoms with van der Waals surface area (Å²) in [6.07, 6.45) is 7.21. The third kappa shape index (κ3) is 2.69. The number of carbonyl (C=O) groups excluding carboxylic acids is 1. The number of benzene rings is 1. The summed E-state index contributed by atoms with van der Waals surface area (Å²) in [6, 6.07) is 8.13. The number of nitrogens with zero attached hydrogens (tertiary/aromatic N) is 6. The lowest BCUT2D eigenvalue weighted by atomic mass is 10.2. The third-order valence-electron chi connectivity index (χ3n) is 5.25. The van der Waals surface area contributed by atoms with Crippen LogP contribution in [0.15, 0.2) is 36.8 Å². The molecule has 1 aliphatic carbocycles. The Morgan fingerprint density at radius 1 is 1.20 bits per heavy atom. The van der Waals surface area contributed by atoms with Crippen molar-refractivity contribution in [2.24, 2.45) is 0 Å². The Hall–Kier alpha value is -2.70. The molecule has 5 rings (SSSR count). The van der Waals surface area contributed by atoms with Crippen molar-refractivity contribution in [1.29, 1.82) is 0 Å². The highest BCUT2D eigenvalue weighted by atomic mass is 16.2. The molecule has 1 saturated carbocycles. The summed E-state index contributed by atoms with van der Waals surface area (Å²) in [6.45, 7) is 1.81. The van der Waals surface area contributed by atoms with Gasteiger partial charge in [0.2, 0.25) is 5.91 Å². The smallest absolute Gasteiger partial charge is 0.242 e. The monoisotopic (exact) mass is 336 g/mol. The van der Waals surface area contributed by atoms with E-state index in [1.54, 1.807) is 6.33 Å². The normalized spacial score (nSPS) is 20.5. The van der Waals surface area contributed by atoms with Gasteiger partial charge in [-0.2, -0.15) is 0 Å². The molecule has 1 saturated heterocycles. The summed E-state index contributed by atoms with van der Waals surface area (Å²) in [5.74, 6) is 0.746. The molecule has 0 N–H and O–H groups in total. The van der Waals surface area contributed by atoms with Gasteiger partial charge in [0, 0.05) is 25.2 Å². The van der Waals surface area contributed by atoms with E-state index in [0.29, 0.717) is 19.0 Å². The first-order chi connectivity index (χ1) is 12.3. The molecule has 0 spiro atoms. The van der Waals surface area contributed by atoms with Crippen LogP contribution in [-0.2, 0) is 11.3 Å². The zero-order valence-corrected chi connectivity index (χ0v) is 14.0. The Kier molecular flexibility index (Phi) is 3.33. The zero-order chi connectivity index (χ0) is 16.8. The van der Waals surface area contributed by atoms with Crippen molar-refractivity contribution in [3.8, 4) is 0 Å². The molecule has 1 unspecified atom stereocenters. The molecular formula is C18H20N6O. The average Bonchev–Trinajstić information content (AvgIpc) is 3.04. The lowest BCUT2D eigenvalue weighted by molar-refractivity contribution is -0.130. The number of para-hydroxylation sites is 2. The molecule has 3 heterocycles. The number of hydrogen-bond acceptors (Lipinski definition) is 4. The molecule has 1 amide bonds. The maximum atomic E-state index is 12.7. The Bertz CT molecular complexity index is 924. The summed E-state index contributed by atoms with van der Waals surface area (Å²) >= 11 is 0. The molecule has 2 aromatic heterocycles. The fourth-order valence-corrected chi connectivity index (χ4v) is 3.60. The average molecular weight is 336 g/mol. The van der Waals surface area contributed by atoms with Crippen molar-refractivity contribution in [2.75, 3.05) is 13.1 Å². The predicted molar refractivity (Wildman–Crippen MR) is 92.0 cm³/mol. The van der Waals surface area contributed by atoms with Gasteiger partial charge in [-0.3, -0.25) is 4.79 Å². The van der Waals surface area contributed by atoms with Gasteiger partial charge in [-0.1, -0.05) is 17.3 Å². The van der Waals surface area contributed by atoms with Gasteiger partial charge in [0.1, 0.15) is 6.54 Å².